The summed E-state index contributed by atoms with van der Waals surface area (Å²) in [6.45, 7) is 11.6. The highest BCUT2D eigenvalue weighted by molar-refractivity contribution is 8.26. The maximum atomic E-state index is 13.0. The molecule has 2 atom stereocenters. The van der Waals surface area contributed by atoms with E-state index < -0.39 is 0 Å². The fraction of sp³-hybridized carbons (Fsp3) is 0.545. The van der Waals surface area contributed by atoms with Crippen molar-refractivity contribution in [2.75, 3.05) is 24.5 Å². The number of nitriles is 1. The molecular weight excluding hydrogens is 432 g/mol. The van der Waals surface area contributed by atoms with Crippen molar-refractivity contribution >= 4 is 46.1 Å². The topological polar surface area (TPSA) is 78.6 Å². The summed E-state index contributed by atoms with van der Waals surface area (Å²) in [4.78, 5) is 30.2. The van der Waals surface area contributed by atoms with Crippen molar-refractivity contribution in [3.8, 4) is 6.07 Å². The molecule has 3 rings (SSSR count). The number of thiocarbonyl (C=S) groups is 1. The lowest BCUT2D eigenvalue weighted by Gasteiger charge is -2.38. The Balaban J connectivity index is 2.18. The van der Waals surface area contributed by atoms with Gasteiger partial charge in [0.15, 0.2) is 0 Å². The van der Waals surface area contributed by atoms with Crippen LogP contribution >= 0.6 is 24.0 Å². The molecular formula is C22H28N4O3S2. The van der Waals surface area contributed by atoms with E-state index in [1.807, 2.05) is 33.8 Å². The van der Waals surface area contributed by atoms with Crippen LogP contribution in [0.3, 0.4) is 0 Å². The molecule has 7 nitrogen and oxygen atoms in total. The number of nitrogens with zero attached hydrogens (tertiary/aromatic N) is 4. The Labute approximate surface area is 192 Å². The van der Waals surface area contributed by atoms with Crippen LogP contribution in [-0.2, 0) is 16.6 Å². The number of thioether (sulfide) groups is 1. The molecule has 2 aliphatic rings. The molecule has 0 saturated carbocycles. The molecule has 0 spiro atoms. The van der Waals surface area contributed by atoms with Gasteiger partial charge in [-0.3, -0.25) is 19.1 Å². The summed E-state index contributed by atoms with van der Waals surface area (Å²) in [7, 11) is 1.67. The molecule has 31 heavy (non-hydrogen) atoms. The van der Waals surface area contributed by atoms with E-state index in [2.05, 4.69) is 4.90 Å². The minimum Gasteiger partial charge on any atom is -0.372 e. The van der Waals surface area contributed by atoms with Crippen LogP contribution in [0.4, 0.5) is 5.82 Å². The fourth-order valence-corrected chi connectivity index (χ4v) is 5.36. The molecule has 2 fully saturated rings. The molecule has 2 saturated heterocycles. The molecule has 0 unspecified atom stereocenters. The number of ether oxygens (including phenoxy) is 1. The van der Waals surface area contributed by atoms with Gasteiger partial charge in [0.05, 0.1) is 17.1 Å². The quantitative estimate of drug-likeness (QED) is 0.505. The Morgan fingerprint density at radius 3 is 2.45 bits per heavy atom. The lowest BCUT2D eigenvalue weighted by Crippen LogP contribution is -2.47. The largest absolute Gasteiger partial charge is 0.372 e. The lowest BCUT2D eigenvalue weighted by atomic mass is 10.0. The summed E-state index contributed by atoms with van der Waals surface area (Å²) in [5.74, 6) is 0.848. The van der Waals surface area contributed by atoms with Crippen LogP contribution in [0.1, 0.15) is 44.4 Å². The lowest BCUT2D eigenvalue weighted by molar-refractivity contribution is -0.122. The number of amides is 1. The molecule has 1 aromatic heterocycles. The summed E-state index contributed by atoms with van der Waals surface area (Å²) in [5, 5.41) is 9.61. The predicted octanol–water partition coefficient (Wildman–Crippen LogP) is 3.04. The Bertz CT molecular complexity index is 1040. The van der Waals surface area contributed by atoms with Gasteiger partial charge in [0, 0.05) is 32.2 Å². The highest BCUT2D eigenvalue weighted by Crippen LogP contribution is 2.36. The molecule has 0 aromatic carbocycles. The summed E-state index contributed by atoms with van der Waals surface area (Å²) in [5.41, 5.74) is 1.02. The Morgan fingerprint density at radius 2 is 1.90 bits per heavy atom. The first-order chi connectivity index (χ1) is 14.5. The minimum atomic E-state index is -0.341. The second-order valence-electron chi connectivity index (χ2n) is 8.56. The van der Waals surface area contributed by atoms with E-state index in [-0.39, 0.29) is 29.2 Å². The number of aromatic nitrogens is 1. The SMILES string of the molecule is Cc1c(/C=C2\SC(=S)N(CC(C)C)C2=O)c(N2C[C@@H](C)O[C@H](C)C2)n(C)c(=O)c1C#N. The van der Waals surface area contributed by atoms with E-state index >= 15 is 0 Å². The van der Waals surface area contributed by atoms with Crippen LogP contribution in [0.25, 0.3) is 6.08 Å². The number of hydrogen-bond acceptors (Lipinski definition) is 7. The van der Waals surface area contributed by atoms with Gasteiger partial charge < -0.3 is 9.64 Å². The number of carbonyl (C=O) groups excluding carboxylic acids is 1. The molecule has 2 aliphatic heterocycles. The first-order valence-corrected chi connectivity index (χ1v) is 11.6. The number of hydrogen-bond donors (Lipinski definition) is 0. The van der Waals surface area contributed by atoms with Crippen LogP contribution in [0.5, 0.6) is 0 Å². The third-order valence-electron chi connectivity index (χ3n) is 5.38. The van der Waals surface area contributed by atoms with Gasteiger partial charge in [-0.2, -0.15) is 5.26 Å². The molecule has 0 bridgehead atoms. The molecule has 9 heteroatoms. The van der Waals surface area contributed by atoms with Gasteiger partial charge in [-0.05, 0) is 38.3 Å². The zero-order valence-electron chi connectivity index (χ0n) is 18.8. The van der Waals surface area contributed by atoms with Crippen LogP contribution < -0.4 is 10.5 Å². The molecule has 0 N–H and O–H groups in total. The van der Waals surface area contributed by atoms with Crippen molar-refractivity contribution in [2.24, 2.45) is 13.0 Å². The van der Waals surface area contributed by atoms with E-state index in [0.29, 0.717) is 51.7 Å². The smallest absolute Gasteiger partial charge is 0.270 e. The molecule has 1 aromatic rings. The zero-order valence-corrected chi connectivity index (χ0v) is 20.4. The van der Waals surface area contributed by atoms with Gasteiger partial charge >= 0.3 is 0 Å². The first kappa shape index (κ1) is 23.5. The normalized spacial score (nSPS) is 23.2. The van der Waals surface area contributed by atoms with Gasteiger partial charge in [0.1, 0.15) is 21.8 Å². The van der Waals surface area contributed by atoms with Crippen LogP contribution in [0, 0.1) is 24.2 Å². The number of morpholine rings is 1. The van der Waals surface area contributed by atoms with Gasteiger partial charge in [0.2, 0.25) is 0 Å². The van der Waals surface area contributed by atoms with E-state index in [4.69, 9.17) is 17.0 Å². The maximum absolute atomic E-state index is 13.0. The molecule has 166 valence electrons. The minimum absolute atomic E-state index is 0.00750. The van der Waals surface area contributed by atoms with Crippen molar-refractivity contribution in [1.82, 2.24) is 9.47 Å². The summed E-state index contributed by atoms with van der Waals surface area (Å²) in [6.07, 6.45) is 1.77. The monoisotopic (exact) mass is 460 g/mol. The van der Waals surface area contributed by atoms with Gasteiger partial charge in [0.25, 0.3) is 11.5 Å². The van der Waals surface area contributed by atoms with Crippen molar-refractivity contribution in [2.45, 2.75) is 46.8 Å². The Morgan fingerprint density at radius 1 is 1.29 bits per heavy atom. The summed E-state index contributed by atoms with van der Waals surface area (Å²) < 4.78 is 7.90. The van der Waals surface area contributed by atoms with E-state index in [1.54, 1.807) is 24.9 Å². The third-order valence-corrected chi connectivity index (χ3v) is 6.76. The molecule has 1 amide bonds. The van der Waals surface area contributed by atoms with Crippen molar-refractivity contribution in [3.63, 3.8) is 0 Å². The average Bonchev–Trinajstić information content (AvgIpc) is 2.93. The second-order valence-corrected chi connectivity index (χ2v) is 10.2. The Kier molecular flexibility index (Phi) is 6.94. The fourth-order valence-electron chi connectivity index (χ4n) is 4.10. The molecule has 0 radical (unpaired) electrons. The highest BCUT2D eigenvalue weighted by atomic mass is 32.2. The predicted molar refractivity (Wildman–Crippen MR) is 128 cm³/mol. The van der Waals surface area contributed by atoms with Gasteiger partial charge in [-0.25, -0.2) is 0 Å². The van der Waals surface area contributed by atoms with Gasteiger partial charge in [-0.1, -0.05) is 37.8 Å². The van der Waals surface area contributed by atoms with Crippen molar-refractivity contribution < 1.29 is 9.53 Å². The van der Waals surface area contributed by atoms with Crippen molar-refractivity contribution in [3.05, 3.63) is 31.9 Å². The van der Waals surface area contributed by atoms with Crippen molar-refractivity contribution in [1.29, 1.82) is 5.26 Å². The molecule has 3 heterocycles. The number of anilines is 1. The van der Waals surface area contributed by atoms with E-state index in [9.17, 15) is 14.9 Å². The first-order valence-electron chi connectivity index (χ1n) is 10.3. The Hall–Kier alpha value is -2.15. The maximum Gasteiger partial charge on any atom is 0.270 e. The highest BCUT2D eigenvalue weighted by Gasteiger charge is 2.34. The van der Waals surface area contributed by atoms with Crippen LogP contribution in [0.2, 0.25) is 0 Å². The summed E-state index contributed by atoms with van der Waals surface area (Å²) >= 11 is 6.70. The third kappa shape index (κ3) is 4.56. The summed E-state index contributed by atoms with van der Waals surface area (Å²) in [6, 6.07) is 2.04. The molecule has 0 aliphatic carbocycles. The van der Waals surface area contributed by atoms with E-state index in [0.717, 1.165) is 0 Å². The standard InChI is InChI=1S/C22H28N4O3S2/c1-12(2)9-26-21(28)18(31-22(26)30)7-16-15(5)17(8-23)20(27)24(6)19(16)25-10-13(3)29-14(4)11-25/h7,12-14H,9-11H2,1-6H3/b18-7-/t13-,14-/m1/s1. The van der Waals surface area contributed by atoms with E-state index in [1.165, 1.54) is 16.3 Å². The zero-order chi connectivity index (χ0) is 23.0. The number of rotatable bonds is 4. The average molecular weight is 461 g/mol. The van der Waals surface area contributed by atoms with Crippen LogP contribution in [0.15, 0.2) is 9.70 Å². The number of pyridine rings is 1. The second kappa shape index (κ2) is 9.15. The van der Waals surface area contributed by atoms with Gasteiger partial charge in [-0.15, -0.1) is 0 Å². The van der Waals surface area contributed by atoms with Crippen LogP contribution in [-0.4, -0.2) is 51.5 Å². The number of carbonyl (C=O) groups is 1.